The Bertz CT molecular complexity index is 1120. The number of aryl methyl sites for hydroxylation is 1. The number of aliphatic hydroxyl groups is 1. The van der Waals surface area contributed by atoms with Crippen LogP contribution >= 0.6 is 0 Å². The molecule has 2 heterocycles. The Kier molecular flexibility index (Phi) is 5.65. The van der Waals surface area contributed by atoms with Crippen molar-refractivity contribution in [3.8, 4) is 0 Å². The lowest BCUT2D eigenvalue weighted by molar-refractivity contribution is -0.858. The Hall–Kier alpha value is -3.38. The first-order chi connectivity index (χ1) is 14.9. The number of rotatable bonds is 7. The van der Waals surface area contributed by atoms with Gasteiger partial charge in [0.15, 0.2) is 11.5 Å². The van der Waals surface area contributed by atoms with Crippen molar-refractivity contribution in [3.63, 3.8) is 0 Å². The maximum absolute atomic E-state index is 13.5. The third kappa shape index (κ3) is 3.99. The summed E-state index contributed by atoms with van der Waals surface area (Å²) < 4.78 is 5.75. The third-order valence-electron chi connectivity index (χ3n) is 5.67. The van der Waals surface area contributed by atoms with Gasteiger partial charge in [0.25, 0.3) is 5.91 Å². The van der Waals surface area contributed by atoms with E-state index >= 15 is 0 Å². The highest BCUT2D eigenvalue weighted by molar-refractivity contribution is 6.16. The molecule has 1 aliphatic heterocycles. The number of para-hydroxylation sites is 1. The van der Waals surface area contributed by atoms with Crippen LogP contribution in [-0.4, -0.2) is 48.9 Å². The molecule has 6 nitrogen and oxygen atoms in total. The van der Waals surface area contributed by atoms with Crippen LogP contribution < -0.4 is 4.90 Å². The third-order valence-corrected chi connectivity index (χ3v) is 5.67. The Morgan fingerprint density at radius 1 is 1.13 bits per heavy atom. The van der Waals surface area contributed by atoms with Gasteiger partial charge in [0.05, 0.1) is 32.3 Å². The number of fused-ring (bicyclic) bond motifs is 1. The normalized spacial score (nSPS) is 16.7. The molecule has 0 spiro atoms. The van der Waals surface area contributed by atoms with Gasteiger partial charge in [-0.15, -0.1) is 0 Å². The van der Waals surface area contributed by atoms with Gasteiger partial charge in [-0.3, -0.25) is 9.59 Å². The number of carbonyl (C=O) groups is 2. The molecule has 2 N–H and O–H groups in total. The fraction of sp³-hybridized carbons (Fsp3) is 0.280. The number of hydrogen-bond donors (Lipinski definition) is 2. The van der Waals surface area contributed by atoms with E-state index in [1.807, 2.05) is 49.4 Å². The molecule has 0 radical (unpaired) electrons. The number of hydrogen-bond acceptors (Lipinski definition) is 4. The second-order valence-electron chi connectivity index (χ2n) is 8.36. The van der Waals surface area contributed by atoms with E-state index in [-0.39, 0.29) is 11.3 Å². The van der Waals surface area contributed by atoms with Gasteiger partial charge in [0.2, 0.25) is 5.78 Å². The first kappa shape index (κ1) is 20.9. The van der Waals surface area contributed by atoms with E-state index in [4.69, 9.17) is 4.42 Å². The first-order valence-electron chi connectivity index (χ1n) is 10.5. The van der Waals surface area contributed by atoms with Crippen molar-refractivity contribution in [1.82, 2.24) is 4.90 Å². The van der Waals surface area contributed by atoms with E-state index in [2.05, 4.69) is 14.1 Å². The van der Waals surface area contributed by atoms with E-state index in [0.29, 0.717) is 12.1 Å². The van der Waals surface area contributed by atoms with Crippen LogP contribution in [0.3, 0.4) is 0 Å². The lowest BCUT2D eigenvalue weighted by Gasteiger charge is -2.27. The average molecular weight is 420 g/mol. The van der Waals surface area contributed by atoms with Gasteiger partial charge in [-0.1, -0.05) is 48.0 Å². The van der Waals surface area contributed by atoms with Crippen molar-refractivity contribution in [2.75, 3.05) is 27.2 Å². The zero-order valence-electron chi connectivity index (χ0n) is 18.0. The molecule has 0 saturated carbocycles. The SMILES string of the molecule is Cc1ccc([C@H]2C(C(=O)c3cc4ccccc4o3)=C(O)C(=O)N2CCC[NH+](C)C)cc1. The molecule has 3 aromatic rings. The monoisotopic (exact) mass is 419 g/mol. The number of furan rings is 1. The smallest absolute Gasteiger partial charge is 0.290 e. The van der Waals surface area contributed by atoms with Gasteiger partial charge in [0, 0.05) is 18.4 Å². The zero-order chi connectivity index (χ0) is 22.1. The van der Waals surface area contributed by atoms with E-state index in [0.717, 1.165) is 29.5 Å². The van der Waals surface area contributed by atoms with Crippen molar-refractivity contribution >= 4 is 22.7 Å². The fourth-order valence-electron chi connectivity index (χ4n) is 4.04. The molecule has 0 unspecified atom stereocenters. The summed E-state index contributed by atoms with van der Waals surface area (Å²) in [6.45, 7) is 3.30. The van der Waals surface area contributed by atoms with Crippen molar-refractivity contribution in [2.24, 2.45) is 0 Å². The van der Waals surface area contributed by atoms with Crippen molar-refractivity contribution < 1.29 is 24.0 Å². The molecular formula is C25H27N2O4+. The Balaban J connectivity index is 1.74. The average Bonchev–Trinajstić information content (AvgIpc) is 3.28. The Morgan fingerprint density at radius 3 is 2.52 bits per heavy atom. The molecule has 4 rings (SSSR count). The van der Waals surface area contributed by atoms with Gasteiger partial charge < -0.3 is 19.3 Å². The molecular weight excluding hydrogens is 392 g/mol. The standard InChI is InChI=1S/C25H26N2O4/c1-16-9-11-17(12-10-16)22-21(24(29)25(30)27(22)14-6-13-26(2)3)23(28)20-15-18-7-4-5-8-19(18)31-20/h4-5,7-12,15,22,29H,6,13-14H2,1-3H3/p+1/t22-/m0/s1. The first-order valence-corrected chi connectivity index (χ1v) is 10.5. The highest BCUT2D eigenvalue weighted by Gasteiger charge is 2.44. The predicted octanol–water partition coefficient (Wildman–Crippen LogP) is 2.85. The zero-order valence-corrected chi connectivity index (χ0v) is 18.0. The molecule has 1 amide bonds. The summed E-state index contributed by atoms with van der Waals surface area (Å²) in [6.07, 6.45) is 0.760. The Morgan fingerprint density at radius 2 is 1.84 bits per heavy atom. The van der Waals surface area contributed by atoms with Crippen molar-refractivity contribution in [1.29, 1.82) is 0 Å². The van der Waals surface area contributed by atoms with Crippen LogP contribution in [0.25, 0.3) is 11.0 Å². The highest BCUT2D eigenvalue weighted by atomic mass is 16.3. The molecule has 1 aliphatic rings. The summed E-state index contributed by atoms with van der Waals surface area (Å²) >= 11 is 0. The number of nitrogens with one attached hydrogen (secondary N) is 1. The lowest BCUT2D eigenvalue weighted by atomic mass is 9.94. The second-order valence-corrected chi connectivity index (χ2v) is 8.36. The van der Waals surface area contributed by atoms with E-state index in [1.165, 1.54) is 4.90 Å². The van der Waals surface area contributed by atoms with Crippen LogP contribution in [0.2, 0.25) is 0 Å². The number of quaternary nitrogens is 1. The minimum Gasteiger partial charge on any atom is -0.503 e. The number of carbonyl (C=O) groups excluding carboxylic acids is 2. The number of benzene rings is 2. The molecule has 6 heteroatoms. The summed E-state index contributed by atoms with van der Waals surface area (Å²) in [5.74, 6) is -1.35. The lowest BCUT2D eigenvalue weighted by Crippen LogP contribution is -3.05. The van der Waals surface area contributed by atoms with Crippen LogP contribution in [0.15, 0.2) is 70.3 Å². The summed E-state index contributed by atoms with van der Waals surface area (Å²) in [4.78, 5) is 29.3. The number of ketones is 1. The molecule has 1 atom stereocenters. The fourth-order valence-corrected chi connectivity index (χ4v) is 4.04. The van der Waals surface area contributed by atoms with E-state index in [1.54, 1.807) is 17.0 Å². The van der Waals surface area contributed by atoms with Crippen LogP contribution in [0.1, 0.15) is 34.1 Å². The predicted molar refractivity (Wildman–Crippen MR) is 118 cm³/mol. The quantitative estimate of drug-likeness (QED) is 0.578. The molecule has 0 fully saturated rings. The van der Waals surface area contributed by atoms with Gasteiger partial charge in [-0.2, -0.15) is 0 Å². The number of Topliss-reactive ketones (excluding diaryl/α,β-unsaturated/α-hetero) is 1. The maximum atomic E-state index is 13.5. The van der Waals surface area contributed by atoms with Crippen molar-refractivity contribution in [3.05, 3.63) is 82.8 Å². The minimum absolute atomic E-state index is 0.0742. The van der Waals surface area contributed by atoms with Gasteiger partial charge in [0.1, 0.15) is 5.58 Å². The molecule has 160 valence electrons. The van der Waals surface area contributed by atoms with Gasteiger partial charge in [-0.25, -0.2) is 0 Å². The topological polar surface area (TPSA) is 75.2 Å². The number of nitrogens with zero attached hydrogens (tertiary/aromatic N) is 1. The largest absolute Gasteiger partial charge is 0.503 e. The molecule has 1 aromatic heterocycles. The maximum Gasteiger partial charge on any atom is 0.290 e. The van der Waals surface area contributed by atoms with Crippen LogP contribution in [0.4, 0.5) is 0 Å². The Labute approximate surface area is 181 Å². The van der Waals surface area contributed by atoms with Crippen molar-refractivity contribution in [2.45, 2.75) is 19.4 Å². The van der Waals surface area contributed by atoms with Crippen LogP contribution in [0.5, 0.6) is 0 Å². The van der Waals surface area contributed by atoms with Crippen LogP contribution in [0, 0.1) is 6.92 Å². The molecule has 31 heavy (non-hydrogen) atoms. The highest BCUT2D eigenvalue weighted by Crippen LogP contribution is 2.39. The van der Waals surface area contributed by atoms with Gasteiger partial charge >= 0.3 is 0 Å². The summed E-state index contributed by atoms with van der Waals surface area (Å²) in [5.41, 5.74) is 2.53. The molecule has 0 saturated heterocycles. The molecule has 0 aliphatic carbocycles. The van der Waals surface area contributed by atoms with Crippen LogP contribution in [-0.2, 0) is 4.79 Å². The summed E-state index contributed by atoms with van der Waals surface area (Å²) in [7, 11) is 4.10. The van der Waals surface area contributed by atoms with E-state index < -0.39 is 23.5 Å². The number of amides is 1. The summed E-state index contributed by atoms with van der Waals surface area (Å²) in [5, 5.41) is 11.5. The van der Waals surface area contributed by atoms with Gasteiger partial charge in [-0.05, 0) is 24.6 Å². The van der Waals surface area contributed by atoms with E-state index in [9.17, 15) is 14.7 Å². The molecule has 2 aromatic carbocycles. The second kappa shape index (κ2) is 8.40. The number of aliphatic hydroxyl groups excluding tert-OH is 1. The molecule has 0 bridgehead atoms. The summed E-state index contributed by atoms with van der Waals surface area (Å²) in [6, 6.07) is 16.1. The minimum atomic E-state index is -0.647.